The van der Waals surface area contributed by atoms with Crippen molar-refractivity contribution in [3.05, 3.63) is 0 Å². The molecule has 1 unspecified atom stereocenters. The minimum atomic E-state index is 0.133. The third-order valence-corrected chi connectivity index (χ3v) is 4.55. The molecular formula is C13H25NO2S. The fourth-order valence-electron chi connectivity index (χ4n) is 2.82. The van der Waals surface area contributed by atoms with Crippen molar-refractivity contribution in [3.63, 3.8) is 0 Å². The summed E-state index contributed by atoms with van der Waals surface area (Å²) in [5.41, 5.74) is 0.133. The molecule has 2 rings (SSSR count). The summed E-state index contributed by atoms with van der Waals surface area (Å²) in [7, 11) is 0. The molecule has 1 N–H and O–H groups in total. The van der Waals surface area contributed by atoms with Crippen LogP contribution in [0.3, 0.4) is 0 Å². The van der Waals surface area contributed by atoms with E-state index in [2.05, 4.69) is 11.6 Å². The highest BCUT2D eigenvalue weighted by Crippen LogP contribution is 2.34. The Labute approximate surface area is 109 Å². The van der Waals surface area contributed by atoms with Crippen LogP contribution in [0.4, 0.5) is 0 Å². The van der Waals surface area contributed by atoms with Crippen molar-refractivity contribution in [1.82, 2.24) is 5.32 Å². The summed E-state index contributed by atoms with van der Waals surface area (Å²) in [5.74, 6) is 1.26. The number of thioether (sulfide) groups is 1. The van der Waals surface area contributed by atoms with Gasteiger partial charge in [0, 0.05) is 25.9 Å². The zero-order valence-electron chi connectivity index (χ0n) is 10.9. The van der Waals surface area contributed by atoms with Gasteiger partial charge < -0.3 is 14.8 Å². The van der Waals surface area contributed by atoms with Crippen LogP contribution in [-0.4, -0.2) is 50.0 Å². The molecule has 2 fully saturated rings. The van der Waals surface area contributed by atoms with Gasteiger partial charge >= 0.3 is 0 Å². The van der Waals surface area contributed by atoms with Crippen LogP contribution >= 0.6 is 11.8 Å². The maximum atomic E-state index is 6.04. The first-order valence-electron chi connectivity index (χ1n) is 6.79. The molecule has 0 aromatic rings. The van der Waals surface area contributed by atoms with E-state index < -0.39 is 0 Å². The molecule has 0 aromatic heterocycles. The summed E-state index contributed by atoms with van der Waals surface area (Å²) in [6.07, 6.45) is 7.95. The van der Waals surface area contributed by atoms with Gasteiger partial charge in [0.05, 0.1) is 5.60 Å². The molecule has 0 saturated carbocycles. The third kappa shape index (κ3) is 4.12. The predicted molar refractivity (Wildman–Crippen MR) is 72.8 cm³/mol. The molecule has 3 nitrogen and oxygen atoms in total. The van der Waals surface area contributed by atoms with Gasteiger partial charge in [-0.3, -0.25) is 0 Å². The summed E-state index contributed by atoms with van der Waals surface area (Å²) >= 11 is 1.93. The van der Waals surface area contributed by atoms with E-state index >= 15 is 0 Å². The molecule has 4 heteroatoms. The zero-order valence-corrected chi connectivity index (χ0v) is 11.7. The lowest BCUT2D eigenvalue weighted by atomic mass is 9.84. The van der Waals surface area contributed by atoms with Crippen LogP contribution in [-0.2, 0) is 9.47 Å². The van der Waals surface area contributed by atoms with Gasteiger partial charge in [-0.1, -0.05) is 0 Å². The number of rotatable bonds is 5. The second-order valence-electron chi connectivity index (χ2n) is 5.13. The molecule has 1 atom stereocenters. The minimum absolute atomic E-state index is 0.133. The van der Waals surface area contributed by atoms with Crippen LogP contribution in [0, 0.1) is 0 Å². The fraction of sp³-hybridized carbons (Fsp3) is 1.00. The highest BCUT2D eigenvalue weighted by molar-refractivity contribution is 7.98. The molecule has 2 aliphatic heterocycles. The van der Waals surface area contributed by atoms with E-state index in [1.165, 1.54) is 25.0 Å². The maximum absolute atomic E-state index is 6.04. The van der Waals surface area contributed by atoms with Crippen molar-refractivity contribution in [1.29, 1.82) is 0 Å². The summed E-state index contributed by atoms with van der Waals surface area (Å²) in [5, 5.41) is 3.69. The lowest BCUT2D eigenvalue weighted by Crippen LogP contribution is -2.50. The first kappa shape index (κ1) is 13.7. The Kier molecular flexibility index (Phi) is 5.60. The Hall–Kier alpha value is 0.230. The molecule has 17 heavy (non-hydrogen) atoms. The summed E-state index contributed by atoms with van der Waals surface area (Å²) in [4.78, 5) is 0. The average molecular weight is 259 g/mol. The number of ether oxygens (including phenoxy) is 2. The van der Waals surface area contributed by atoms with Crippen LogP contribution in [0.2, 0.25) is 0 Å². The SMILES string of the molecule is CSCCCNC1CCOC2(CCOCC2)C1. The van der Waals surface area contributed by atoms with E-state index in [9.17, 15) is 0 Å². The highest BCUT2D eigenvalue weighted by Gasteiger charge is 2.38. The second kappa shape index (κ2) is 6.98. The summed E-state index contributed by atoms with van der Waals surface area (Å²) in [6, 6.07) is 0.656. The molecule has 0 radical (unpaired) electrons. The van der Waals surface area contributed by atoms with Crippen molar-refractivity contribution < 1.29 is 9.47 Å². The third-order valence-electron chi connectivity index (χ3n) is 3.86. The van der Waals surface area contributed by atoms with Crippen molar-refractivity contribution in [2.75, 3.05) is 38.4 Å². The van der Waals surface area contributed by atoms with E-state index in [1.54, 1.807) is 0 Å². The topological polar surface area (TPSA) is 30.5 Å². The first-order valence-corrected chi connectivity index (χ1v) is 8.18. The van der Waals surface area contributed by atoms with Gasteiger partial charge in [0.2, 0.25) is 0 Å². The largest absolute Gasteiger partial charge is 0.381 e. The molecule has 0 aromatic carbocycles. The van der Waals surface area contributed by atoms with E-state index in [0.717, 1.165) is 39.2 Å². The fourth-order valence-corrected chi connectivity index (χ4v) is 3.25. The lowest BCUT2D eigenvalue weighted by molar-refractivity contribution is -0.140. The summed E-state index contributed by atoms with van der Waals surface area (Å²) in [6.45, 7) is 3.82. The van der Waals surface area contributed by atoms with E-state index in [1.807, 2.05) is 11.8 Å². The van der Waals surface area contributed by atoms with Gasteiger partial charge in [-0.05, 0) is 50.7 Å². The molecule has 1 spiro atoms. The van der Waals surface area contributed by atoms with Crippen LogP contribution in [0.5, 0.6) is 0 Å². The van der Waals surface area contributed by atoms with Crippen molar-refractivity contribution in [2.45, 2.75) is 43.7 Å². The molecule has 2 aliphatic rings. The molecule has 0 bridgehead atoms. The molecule has 2 heterocycles. The predicted octanol–water partition coefficient (Wildman–Crippen LogP) is 2.06. The van der Waals surface area contributed by atoms with E-state index in [-0.39, 0.29) is 5.60 Å². The minimum Gasteiger partial charge on any atom is -0.381 e. The lowest BCUT2D eigenvalue weighted by Gasteiger charge is -2.43. The smallest absolute Gasteiger partial charge is 0.0741 e. The number of hydrogen-bond donors (Lipinski definition) is 1. The molecule has 100 valence electrons. The van der Waals surface area contributed by atoms with Gasteiger partial charge in [0.15, 0.2) is 0 Å². The van der Waals surface area contributed by atoms with Crippen molar-refractivity contribution >= 4 is 11.8 Å². The Morgan fingerprint density at radius 2 is 2.12 bits per heavy atom. The molecule has 0 amide bonds. The maximum Gasteiger partial charge on any atom is 0.0741 e. The van der Waals surface area contributed by atoms with Gasteiger partial charge in [-0.15, -0.1) is 0 Å². The van der Waals surface area contributed by atoms with Crippen LogP contribution in [0.25, 0.3) is 0 Å². The molecule has 0 aliphatic carbocycles. The van der Waals surface area contributed by atoms with Crippen LogP contribution in [0.15, 0.2) is 0 Å². The molecule has 2 saturated heterocycles. The van der Waals surface area contributed by atoms with Crippen LogP contribution < -0.4 is 5.32 Å². The standard InChI is InChI=1S/C13H25NO2S/c1-17-10-2-6-14-12-3-7-16-13(11-12)4-8-15-9-5-13/h12,14H,2-11H2,1H3. The van der Waals surface area contributed by atoms with Gasteiger partial charge in [-0.25, -0.2) is 0 Å². The Morgan fingerprint density at radius 3 is 2.88 bits per heavy atom. The normalized spacial score (nSPS) is 28.4. The van der Waals surface area contributed by atoms with Gasteiger partial charge in [0.25, 0.3) is 0 Å². The number of hydrogen-bond acceptors (Lipinski definition) is 4. The zero-order chi connectivity index (χ0) is 12.0. The Morgan fingerprint density at radius 1 is 1.29 bits per heavy atom. The van der Waals surface area contributed by atoms with Crippen molar-refractivity contribution in [3.8, 4) is 0 Å². The summed E-state index contributed by atoms with van der Waals surface area (Å²) < 4.78 is 11.5. The molecular weight excluding hydrogens is 234 g/mol. The van der Waals surface area contributed by atoms with E-state index in [0.29, 0.717) is 6.04 Å². The number of nitrogens with one attached hydrogen (secondary N) is 1. The van der Waals surface area contributed by atoms with Gasteiger partial charge in [0.1, 0.15) is 0 Å². The quantitative estimate of drug-likeness (QED) is 0.766. The average Bonchev–Trinajstić information content (AvgIpc) is 2.36. The Balaban J connectivity index is 1.72. The second-order valence-corrected chi connectivity index (χ2v) is 6.12. The first-order chi connectivity index (χ1) is 8.35. The van der Waals surface area contributed by atoms with E-state index in [4.69, 9.17) is 9.47 Å². The van der Waals surface area contributed by atoms with Crippen molar-refractivity contribution in [2.24, 2.45) is 0 Å². The van der Waals surface area contributed by atoms with Crippen LogP contribution in [0.1, 0.15) is 32.1 Å². The monoisotopic (exact) mass is 259 g/mol. The Bertz CT molecular complexity index is 214. The highest BCUT2D eigenvalue weighted by atomic mass is 32.2. The van der Waals surface area contributed by atoms with Gasteiger partial charge in [-0.2, -0.15) is 11.8 Å².